The number of piperidine rings is 1. The Morgan fingerprint density at radius 1 is 1.22 bits per heavy atom. The van der Waals surface area contributed by atoms with E-state index in [2.05, 4.69) is 20.1 Å². The largest absolute Gasteiger partial charge is 0.461 e. The quantitative estimate of drug-likeness (QED) is 0.559. The van der Waals surface area contributed by atoms with Gasteiger partial charge in [0, 0.05) is 32.0 Å². The summed E-state index contributed by atoms with van der Waals surface area (Å²) >= 11 is 0. The number of halogens is 2. The number of aromatic nitrogens is 5. The number of hydrogen-bond donors (Lipinski definition) is 1. The zero-order valence-corrected chi connectivity index (χ0v) is 20.1. The summed E-state index contributed by atoms with van der Waals surface area (Å²) < 4.78 is 33.4. The molecule has 1 amide bonds. The van der Waals surface area contributed by atoms with Gasteiger partial charge in [0.2, 0.25) is 23.6 Å². The molecule has 36 heavy (non-hydrogen) atoms. The number of nitrogen functional groups attached to an aromatic ring is 1. The Morgan fingerprint density at radius 3 is 2.69 bits per heavy atom. The molecule has 3 fully saturated rings. The number of anilines is 2. The molecule has 0 aromatic carbocycles. The molecule has 3 saturated heterocycles. The molecule has 13 heteroatoms. The molecular weight excluding hydrogens is 472 g/mol. The van der Waals surface area contributed by atoms with Crippen LogP contribution in [0.4, 0.5) is 20.7 Å². The van der Waals surface area contributed by atoms with Gasteiger partial charge in [-0.2, -0.15) is 19.5 Å². The summed E-state index contributed by atoms with van der Waals surface area (Å²) in [5, 5.41) is 4.32. The van der Waals surface area contributed by atoms with E-state index in [-0.39, 0.29) is 35.6 Å². The first kappa shape index (κ1) is 23.1. The van der Waals surface area contributed by atoms with E-state index in [0.717, 1.165) is 26.2 Å². The molecule has 3 aliphatic heterocycles. The Kier molecular flexibility index (Phi) is 5.36. The number of nitrogens with two attached hydrogens (primary N) is 1. The molecule has 1 spiro atoms. The maximum absolute atomic E-state index is 13.4. The molecule has 3 aliphatic rings. The third kappa shape index (κ3) is 4.14. The summed E-state index contributed by atoms with van der Waals surface area (Å²) in [6.45, 7) is 4.04. The number of carbonyl (C=O) groups excluding carboxylic acids is 1. The Bertz CT molecular complexity index is 1260. The minimum Gasteiger partial charge on any atom is -0.461 e. The SMILES string of the molecule is CC(F)(F)CN1CCC2(CC1)CN(C(=O)[C@@H]1CCCN1c1nc(N)n3nc(-c4ccco4)nc3n1)C2. The highest BCUT2D eigenvalue weighted by Crippen LogP contribution is 2.42. The number of amides is 1. The number of alkyl halides is 2. The zero-order chi connectivity index (χ0) is 25.1. The summed E-state index contributed by atoms with van der Waals surface area (Å²) in [6, 6.07) is 3.13. The summed E-state index contributed by atoms with van der Waals surface area (Å²) in [5.74, 6) is -0.999. The number of rotatable bonds is 5. The Morgan fingerprint density at radius 2 is 2.00 bits per heavy atom. The topological polar surface area (TPSA) is 122 Å². The maximum atomic E-state index is 13.4. The number of carbonyl (C=O) groups is 1. The average molecular weight is 502 g/mol. The van der Waals surface area contributed by atoms with Crippen molar-refractivity contribution in [2.45, 2.75) is 44.6 Å². The first-order chi connectivity index (χ1) is 17.2. The van der Waals surface area contributed by atoms with Gasteiger partial charge in [-0.05, 0) is 50.9 Å². The van der Waals surface area contributed by atoms with Crippen molar-refractivity contribution in [2.75, 3.05) is 49.9 Å². The normalized spacial score (nSPS) is 22.5. The Labute approximate surface area is 206 Å². The molecule has 3 aromatic rings. The molecule has 6 rings (SSSR count). The second-order valence-electron chi connectivity index (χ2n) is 10.4. The van der Waals surface area contributed by atoms with E-state index in [9.17, 15) is 13.6 Å². The van der Waals surface area contributed by atoms with Crippen molar-refractivity contribution in [3.63, 3.8) is 0 Å². The van der Waals surface area contributed by atoms with E-state index in [1.165, 1.54) is 10.8 Å². The van der Waals surface area contributed by atoms with Crippen molar-refractivity contribution < 1.29 is 18.0 Å². The lowest BCUT2D eigenvalue weighted by Gasteiger charge is -2.54. The summed E-state index contributed by atoms with van der Waals surface area (Å²) in [6.07, 6.45) is 4.76. The second-order valence-corrected chi connectivity index (χ2v) is 10.4. The molecule has 192 valence electrons. The minimum atomic E-state index is -2.68. The van der Waals surface area contributed by atoms with Crippen LogP contribution in [0.2, 0.25) is 0 Å². The monoisotopic (exact) mass is 501 g/mol. The van der Waals surface area contributed by atoms with Gasteiger partial charge in [-0.15, -0.1) is 5.10 Å². The molecule has 1 atom stereocenters. The van der Waals surface area contributed by atoms with E-state index >= 15 is 0 Å². The van der Waals surface area contributed by atoms with Crippen LogP contribution in [0.3, 0.4) is 0 Å². The van der Waals surface area contributed by atoms with Crippen LogP contribution in [0.15, 0.2) is 22.8 Å². The maximum Gasteiger partial charge on any atom is 0.259 e. The van der Waals surface area contributed by atoms with Crippen LogP contribution in [-0.4, -0.2) is 91.5 Å². The predicted molar refractivity (Wildman–Crippen MR) is 126 cm³/mol. The molecule has 0 unspecified atom stereocenters. The van der Waals surface area contributed by atoms with E-state index in [1.54, 1.807) is 12.1 Å². The zero-order valence-electron chi connectivity index (χ0n) is 20.1. The molecule has 6 heterocycles. The Balaban J connectivity index is 1.13. The fourth-order valence-electron chi connectivity index (χ4n) is 5.72. The van der Waals surface area contributed by atoms with Crippen LogP contribution < -0.4 is 10.6 Å². The standard InChI is InChI=1S/C23H29F2N9O2/c1-22(24,25)12-31-9-6-23(7-10-31)13-32(14-23)18(35)15-4-2-8-33(15)20-28-19(26)34-21(29-20)27-17(30-34)16-5-3-11-36-16/h3,5,11,15H,2,4,6-10,12-14H2,1H3,(H2,26,27,28,29,30)/t15-/m0/s1. The second kappa shape index (κ2) is 8.36. The van der Waals surface area contributed by atoms with Crippen molar-refractivity contribution in [1.29, 1.82) is 0 Å². The van der Waals surface area contributed by atoms with Crippen LogP contribution >= 0.6 is 0 Å². The van der Waals surface area contributed by atoms with Crippen molar-refractivity contribution >= 4 is 23.6 Å². The van der Waals surface area contributed by atoms with Crippen LogP contribution in [0, 0.1) is 5.41 Å². The summed E-state index contributed by atoms with van der Waals surface area (Å²) in [4.78, 5) is 32.4. The smallest absolute Gasteiger partial charge is 0.259 e. The molecule has 2 N–H and O–H groups in total. The third-order valence-electron chi connectivity index (χ3n) is 7.54. The van der Waals surface area contributed by atoms with Crippen LogP contribution in [0.1, 0.15) is 32.6 Å². The van der Waals surface area contributed by atoms with Crippen molar-refractivity contribution in [3.05, 3.63) is 18.4 Å². The van der Waals surface area contributed by atoms with Crippen molar-refractivity contribution in [3.8, 4) is 11.6 Å². The average Bonchev–Trinajstić information content (AvgIpc) is 3.56. The number of furan rings is 1. The highest BCUT2D eigenvalue weighted by molar-refractivity contribution is 5.86. The van der Waals surface area contributed by atoms with E-state index in [0.29, 0.717) is 56.7 Å². The van der Waals surface area contributed by atoms with E-state index in [4.69, 9.17) is 10.2 Å². The van der Waals surface area contributed by atoms with Gasteiger partial charge in [0.15, 0.2) is 5.76 Å². The molecule has 3 aromatic heterocycles. The molecule has 0 bridgehead atoms. The fraction of sp³-hybridized carbons (Fsp3) is 0.609. The molecular formula is C23H29F2N9O2. The number of fused-ring (bicyclic) bond motifs is 1. The number of hydrogen-bond acceptors (Lipinski definition) is 9. The van der Waals surface area contributed by atoms with E-state index < -0.39 is 5.92 Å². The van der Waals surface area contributed by atoms with E-state index in [1.807, 2.05) is 14.7 Å². The molecule has 0 saturated carbocycles. The van der Waals surface area contributed by atoms with Crippen LogP contribution in [-0.2, 0) is 4.79 Å². The third-order valence-corrected chi connectivity index (χ3v) is 7.54. The minimum absolute atomic E-state index is 0.0439. The van der Waals surface area contributed by atoms with Gasteiger partial charge in [0.25, 0.3) is 11.7 Å². The van der Waals surface area contributed by atoms with Gasteiger partial charge in [0.05, 0.1) is 12.8 Å². The van der Waals surface area contributed by atoms with Gasteiger partial charge in [-0.25, -0.2) is 8.78 Å². The first-order valence-corrected chi connectivity index (χ1v) is 12.3. The first-order valence-electron chi connectivity index (χ1n) is 12.3. The lowest BCUT2D eigenvalue weighted by atomic mass is 9.71. The van der Waals surface area contributed by atoms with Crippen molar-refractivity contribution in [1.82, 2.24) is 34.4 Å². The number of nitrogens with zero attached hydrogens (tertiary/aromatic N) is 8. The predicted octanol–water partition coefficient (Wildman–Crippen LogP) is 1.91. The fourth-order valence-corrected chi connectivity index (χ4v) is 5.72. The number of likely N-dealkylation sites (tertiary alicyclic amines) is 2. The molecule has 11 nitrogen and oxygen atoms in total. The van der Waals surface area contributed by atoms with Crippen LogP contribution in [0.25, 0.3) is 17.4 Å². The van der Waals surface area contributed by atoms with Crippen LogP contribution in [0.5, 0.6) is 0 Å². The highest BCUT2D eigenvalue weighted by Gasteiger charge is 2.49. The molecule has 0 aliphatic carbocycles. The van der Waals surface area contributed by atoms with Crippen molar-refractivity contribution in [2.24, 2.45) is 5.41 Å². The van der Waals surface area contributed by atoms with Gasteiger partial charge < -0.3 is 20.0 Å². The van der Waals surface area contributed by atoms with Gasteiger partial charge in [-0.3, -0.25) is 9.69 Å². The highest BCUT2D eigenvalue weighted by atomic mass is 19.3. The lowest BCUT2D eigenvalue weighted by molar-refractivity contribution is -0.148. The summed E-state index contributed by atoms with van der Waals surface area (Å²) in [7, 11) is 0. The summed E-state index contributed by atoms with van der Waals surface area (Å²) in [5.41, 5.74) is 6.20. The Hall–Kier alpha value is -3.35. The van der Waals surface area contributed by atoms with Gasteiger partial charge in [0.1, 0.15) is 6.04 Å². The lowest BCUT2D eigenvalue weighted by Crippen LogP contribution is -2.64. The van der Waals surface area contributed by atoms with Gasteiger partial charge >= 0.3 is 0 Å². The van der Waals surface area contributed by atoms with Gasteiger partial charge in [-0.1, -0.05) is 0 Å². The molecule has 0 radical (unpaired) electrons.